The van der Waals surface area contributed by atoms with Crippen molar-refractivity contribution in [2.45, 2.75) is 38.6 Å². The molecule has 2 aliphatic heterocycles. The van der Waals surface area contributed by atoms with Gasteiger partial charge in [0, 0.05) is 32.4 Å². The molecule has 1 aromatic carbocycles. The highest BCUT2D eigenvalue weighted by Gasteiger charge is 2.17. The zero-order valence-electron chi connectivity index (χ0n) is 13.5. The molecule has 0 saturated heterocycles. The predicted octanol–water partition coefficient (Wildman–Crippen LogP) is 1.24. The van der Waals surface area contributed by atoms with Gasteiger partial charge in [0.1, 0.15) is 11.6 Å². The molecule has 2 aromatic rings. The van der Waals surface area contributed by atoms with E-state index < -0.39 is 0 Å². The molecule has 0 unspecified atom stereocenters. The Morgan fingerprint density at radius 3 is 3.08 bits per heavy atom. The first-order valence-electron chi connectivity index (χ1n) is 8.36. The van der Waals surface area contributed by atoms with Crippen molar-refractivity contribution >= 4 is 5.91 Å². The molecule has 7 heteroatoms. The van der Waals surface area contributed by atoms with Crippen LogP contribution in [0.5, 0.6) is 11.5 Å². The summed E-state index contributed by atoms with van der Waals surface area (Å²) in [6.07, 6.45) is 4.01. The van der Waals surface area contributed by atoms with Crippen LogP contribution in [0.4, 0.5) is 0 Å². The largest absolute Gasteiger partial charge is 0.454 e. The molecule has 0 fully saturated rings. The van der Waals surface area contributed by atoms with Gasteiger partial charge in [-0.3, -0.25) is 4.79 Å². The number of carbonyl (C=O) groups excluding carboxylic acids is 1. The number of rotatable bonds is 6. The average molecular weight is 328 g/mol. The minimum atomic E-state index is 0.0498. The Kier molecular flexibility index (Phi) is 4.06. The number of nitrogens with one attached hydrogen (secondary N) is 1. The van der Waals surface area contributed by atoms with Crippen LogP contribution in [0.2, 0.25) is 0 Å². The zero-order valence-corrected chi connectivity index (χ0v) is 13.5. The monoisotopic (exact) mass is 328 g/mol. The predicted molar refractivity (Wildman–Crippen MR) is 85.9 cm³/mol. The van der Waals surface area contributed by atoms with Crippen LogP contribution in [0, 0.1) is 0 Å². The average Bonchev–Trinajstić information content (AvgIpc) is 3.30. The second kappa shape index (κ2) is 6.51. The molecule has 0 aliphatic carbocycles. The van der Waals surface area contributed by atoms with Crippen molar-refractivity contribution in [1.82, 2.24) is 20.1 Å². The molecular formula is C17H20N4O3. The first kappa shape index (κ1) is 15.0. The summed E-state index contributed by atoms with van der Waals surface area (Å²) < 4.78 is 12.8. The summed E-state index contributed by atoms with van der Waals surface area (Å²) in [7, 11) is 0. The molecule has 4 rings (SSSR count). The van der Waals surface area contributed by atoms with Gasteiger partial charge in [-0.1, -0.05) is 6.07 Å². The fraction of sp³-hybridized carbons (Fsp3) is 0.471. The number of carbonyl (C=O) groups is 1. The zero-order chi connectivity index (χ0) is 16.4. The molecule has 126 valence electrons. The number of hydrogen-bond donors (Lipinski definition) is 1. The van der Waals surface area contributed by atoms with Gasteiger partial charge >= 0.3 is 0 Å². The van der Waals surface area contributed by atoms with E-state index in [4.69, 9.17) is 9.47 Å². The maximum Gasteiger partial charge on any atom is 0.231 e. The fourth-order valence-corrected chi connectivity index (χ4v) is 3.15. The number of nitrogens with zero attached hydrogens (tertiary/aromatic N) is 3. The summed E-state index contributed by atoms with van der Waals surface area (Å²) in [4.78, 5) is 12.0. The molecule has 0 spiro atoms. The van der Waals surface area contributed by atoms with Gasteiger partial charge < -0.3 is 19.4 Å². The van der Waals surface area contributed by atoms with Crippen molar-refractivity contribution < 1.29 is 14.3 Å². The number of benzene rings is 1. The van der Waals surface area contributed by atoms with Crippen LogP contribution in [0.1, 0.15) is 30.1 Å². The summed E-state index contributed by atoms with van der Waals surface area (Å²) in [5.41, 5.74) is 1.07. The maximum absolute atomic E-state index is 12.0. The van der Waals surface area contributed by atoms with Crippen molar-refractivity contribution in [3.63, 3.8) is 0 Å². The van der Waals surface area contributed by atoms with Crippen molar-refractivity contribution in [2.24, 2.45) is 0 Å². The Balaban J connectivity index is 1.22. The van der Waals surface area contributed by atoms with Crippen LogP contribution in [-0.4, -0.2) is 34.0 Å². The van der Waals surface area contributed by atoms with Crippen LogP contribution in [0.15, 0.2) is 18.2 Å². The smallest absolute Gasteiger partial charge is 0.231 e. The Bertz CT molecular complexity index is 756. The quantitative estimate of drug-likeness (QED) is 0.863. The van der Waals surface area contributed by atoms with Crippen LogP contribution < -0.4 is 14.8 Å². The van der Waals surface area contributed by atoms with Gasteiger partial charge in [-0.25, -0.2) is 0 Å². The molecular weight excluding hydrogens is 308 g/mol. The summed E-state index contributed by atoms with van der Waals surface area (Å²) in [5, 5.41) is 11.3. The Labute approximate surface area is 140 Å². The molecule has 0 radical (unpaired) electrons. The van der Waals surface area contributed by atoms with Crippen LogP contribution in [0.3, 0.4) is 0 Å². The van der Waals surface area contributed by atoms with Gasteiger partial charge in [-0.15, -0.1) is 10.2 Å². The van der Waals surface area contributed by atoms with E-state index in [0.717, 1.165) is 54.5 Å². The number of fused-ring (bicyclic) bond motifs is 2. The lowest BCUT2D eigenvalue weighted by atomic mass is 10.1. The molecule has 0 atom stereocenters. The van der Waals surface area contributed by atoms with Gasteiger partial charge in [-0.05, 0) is 30.5 Å². The second-order valence-corrected chi connectivity index (χ2v) is 6.08. The van der Waals surface area contributed by atoms with Crippen molar-refractivity contribution in [1.29, 1.82) is 0 Å². The molecule has 1 amide bonds. The molecule has 3 heterocycles. The molecule has 1 aromatic heterocycles. The molecule has 0 bridgehead atoms. The summed E-state index contributed by atoms with van der Waals surface area (Å²) in [6, 6.07) is 5.80. The number of aromatic nitrogens is 3. The van der Waals surface area contributed by atoms with Crippen LogP contribution >= 0.6 is 0 Å². The highest BCUT2D eigenvalue weighted by atomic mass is 16.7. The highest BCUT2D eigenvalue weighted by Crippen LogP contribution is 2.32. The van der Waals surface area contributed by atoms with Gasteiger partial charge in [0.2, 0.25) is 12.7 Å². The lowest BCUT2D eigenvalue weighted by molar-refractivity contribution is -0.121. The number of aryl methyl sites for hydroxylation is 2. The Morgan fingerprint density at radius 1 is 1.21 bits per heavy atom. The third-order valence-electron chi connectivity index (χ3n) is 4.43. The Morgan fingerprint density at radius 2 is 2.12 bits per heavy atom. The number of amides is 1. The standard InChI is InChI=1S/C17H20N4O3/c22-17(6-4-12-3-5-13-14(10-12)24-11-23-13)18-8-7-16-20-19-15-2-1-9-21(15)16/h3,5,10H,1-2,4,6-9,11H2,(H,18,22). The van der Waals surface area contributed by atoms with Crippen molar-refractivity contribution in [2.75, 3.05) is 13.3 Å². The minimum absolute atomic E-state index is 0.0498. The summed E-state index contributed by atoms with van der Waals surface area (Å²) in [5.74, 6) is 3.61. The van der Waals surface area contributed by atoms with E-state index in [-0.39, 0.29) is 12.7 Å². The highest BCUT2D eigenvalue weighted by molar-refractivity contribution is 5.76. The summed E-state index contributed by atoms with van der Waals surface area (Å²) >= 11 is 0. The van der Waals surface area contributed by atoms with Gasteiger partial charge in [0.25, 0.3) is 0 Å². The minimum Gasteiger partial charge on any atom is -0.454 e. The first-order chi connectivity index (χ1) is 11.8. The molecule has 24 heavy (non-hydrogen) atoms. The lowest BCUT2D eigenvalue weighted by Crippen LogP contribution is -2.26. The van der Waals surface area contributed by atoms with Gasteiger partial charge in [0.05, 0.1) is 0 Å². The van der Waals surface area contributed by atoms with Crippen molar-refractivity contribution in [3.05, 3.63) is 35.4 Å². The van der Waals surface area contributed by atoms with E-state index >= 15 is 0 Å². The lowest BCUT2D eigenvalue weighted by Gasteiger charge is -2.06. The summed E-state index contributed by atoms with van der Waals surface area (Å²) in [6.45, 7) is 1.86. The van der Waals surface area contributed by atoms with Crippen molar-refractivity contribution in [3.8, 4) is 11.5 Å². The second-order valence-electron chi connectivity index (χ2n) is 6.08. The van der Waals surface area contributed by atoms with E-state index in [9.17, 15) is 4.79 Å². The number of ether oxygens (including phenoxy) is 2. The molecule has 1 N–H and O–H groups in total. The first-order valence-corrected chi connectivity index (χ1v) is 8.36. The SMILES string of the molecule is O=C(CCc1ccc2c(c1)OCO2)NCCc1nnc2n1CCC2. The van der Waals surface area contributed by atoms with E-state index in [1.54, 1.807) is 0 Å². The topological polar surface area (TPSA) is 78.3 Å². The fourth-order valence-electron chi connectivity index (χ4n) is 3.15. The molecule has 7 nitrogen and oxygen atoms in total. The van der Waals surface area contributed by atoms with Crippen LogP contribution in [-0.2, 0) is 30.6 Å². The third kappa shape index (κ3) is 3.06. The van der Waals surface area contributed by atoms with E-state index in [0.29, 0.717) is 19.4 Å². The van der Waals surface area contributed by atoms with E-state index in [2.05, 4.69) is 20.1 Å². The van der Waals surface area contributed by atoms with Crippen LogP contribution in [0.25, 0.3) is 0 Å². The van der Waals surface area contributed by atoms with E-state index in [1.807, 2.05) is 18.2 Å². The molecule has 0 saturated carbocycles. The molecule has 2 aliphatic rings. The maximum atomic E-state index is 12.0. The van der Waals surface area contributed by atoms with E-state index in [1.165, 1.54) is 0 Å². The third-order valence-corrected chi connectivity index (χ3v) is 4.43. The number of hydrogen-bond acceptors (Lipinski definition) is 5. The van der Waals surface area contributed by atoms with Gasteiger partial charge in [0.15, 0.2) is 11.5 Å². The normalized spacial score (nSPS) is 14.7. The van der Waals surface area contributed by atoms with Gasteiger partial charge in [-0.2, -0.15) is 0 Å². The Hall–Kier alpha value is -2.57.